The predicted octanol–water partition coefficient (Wildman–Crippen LogP) is 3.86. The third-order valence-corrected chi connectivity index (χ3v) is 4.57. The van der Waals surface area contributed by atoms with Crippen LogP contribution in [0.2, 0.25) is 0 Å². The van der Waals surface area contributed by atoms with Crippen molar-refractivity contribution in [3.05, 3.63) is 94.6 Å². The highest BCUT2D eigenvalue weighted by Crippen LogP contribution is 2.17. The van der Waals surface area contributed by atoms with E-state index in [0.29, 0.717) is 22.3 Å². The third kappa shape index (κ3) is 4.99. The first kappa shape index (κ1) is 20.8. The molecule has 0 radical (unpaired) electrons. The zero-order valence-corrected chi connectivity index (χ0v) is 17.3. The summed E-state index contributed by atoms with van der Waals surface area (Å²) in [4.78, 5) is 24.0. The minimum absolute atomic E-state index is 0.0515. The van der Waals surface area contributed by atoms with Gasteiger partial charge in [0.05, 0.1) is 10.6 Å². The van der Waals surface area contributed by atoms with E-state index < -0.39 is 10.8 Å². The topological polar surface area (TPSA) is 115 Å². The molecule has 1 amide bonds. The van der Waals surface area contributed by atoms with Crippen LogP contribution in [0.15, 0.2) is 78.9 Å². The van der Waals surface area contributed by atoms with E-state index in [4.69, 9.17) is 12.2 Å². The maximum Gasteiger partial charge on any atom is 0.270 e. The van der Waals surface area contributed by atoms with Gasteiger partial charge in [-0.05, 0) is 54.2 Å². The van der Waals surface area contributed by atoms with E-state index in [0.717, 1.165) is 5.69 Å². The number of hydrogen-bond acceptors (Lipinski definition) is 6. The Morgan fingerprint density at radius 3 is 2.56 bits per heavy atom. The number of aromatic nitrogens is 3. The van der Waals surface area contributed by atoms with E-state index in [9.17, 15) is 14.9 Å². The fourth-order valence-electron chi connectivity index (χ4n) is 2.90. The molecule has 0 saturated carbocycles. The van der Waals surface area contributed by atoms with Crippen LogP contribution in [0.25, 0.3) is 22.8 Å². The van der Waals surface area contributed by atoms with Crippen molar-refractivity contribution in [2.45, 2.75) is 0 Å². The van der Waals surface area contributed by atoms with Crippen LogP contribution in [0.4, 0.5) is 11.4 Å². The van der Waals surface area contributed by atoms with Gasteiger partial charge in [-0.2, -0.15) is 4.80 Å². The fraction of sp³-hybridized carbons (Fsp3) is 0. The molecular weight excluding hydrogens is 428 g/mol. The molecule has 158 valence electrons. The molecular formula is C22H16N6O3S. The number of carbonyl (C=O) groups is 1. The lowest BCUT2D eigenvalue weighted by molar-refractivity contribution is -0.384. The van der Waals surface area contributed by atoms with Crippen LogP contribution in [0.5, 0.6) is 0 Å². The number of nitro groups is 1. The quantitative estimate of drug-likeness (QED) is 0.208. The van der Waals surface area contributed by atoms with Gasteiger partial charge in [-0.1, -0.05) is 30.3 Å². The monoisotopic (exact) mass is 444 g/mol. The zero-order chi connectivity index (χ0) is 22.5. The zero-order valence-electron chi connectivity index (χ0n) is 16.5. The van der Waals surface area contributed by atoms with Gasteiger partial charge in [0.15, 0.2) is 5.11 Å². The number of thiocarbonyl (C=S) groups is 1. The van der Waals surface area contributed by atoms with Gasteiger partial charge in [-0.25, -0.2) is 0 Å². The van der Waals surface area contributed by atoms with Gasteiger partial charge in [0.1, 0.15) is 11.0 Å². The number of nitrogens with one attached hydrogen (secondary N) is 2. The molecule has 1 aromatic heterocycles. The Bertz CT molecular complexity index is 1350. The number of nitrogens with zero attached hydrogens (tertiary/aromatic N) is 4. The molecule has 0 bridgehead atoms. The van der Waals surface area contributed by atoms with E-state index >= 15 is 0 Å². The second kappa shape index (κ2) is 9.14. The van der Waals surface area contributed by atoms with Crippen molar-refractivity contribution in [1.82, 2.24) is 20.3 Å². The highest BCUT2D eigenvalue weighted by Gasteiger charge is 2.08. The number of nitro benzene ring substituents is 1. The average Bonchev–Trinajstić information content (AvgIpc) is 3.22. The number of benzene rings is 3. The standard InChI is InChI=1S/C22H16N6O3S/c29-21(12-9-15-5-4-8-18(13-15)28(30)31)24-22(32)23-16-10-11-19-20(14-16)26-27(25-19)17-6-2-1-3-7-17/h1-14H,(H2,23,24,29,32). The van der Waals surface area contributed by atoms with Gasteiger partial charge >= 0.3 is 0 Å². The van der Waals surface area contributed by atoms with Crippen molar-refractivity contribution < 1.29 is 9.72 Å². The number of para-hydroxylation sites is 1. The number of amides is 1. The van der Waals surface area contributed by atoms with Crippen molar-refractivity contribution in [1.29, 1.82) is 0 Å². The lowest BCUT2D eigenvalue weighted by Crippen LogP contribution is -2.32. The molecule has 4 rings (SSSR count). The lowest BCUT2D eigenvalue weighted by Gasteiger charge is -2.07. The van der Waals surface area contributed by atoms with Gasteiger partial charge in [0.25, 0.3) is 5.69 Å². The largest absolute Gasteiger partial charge is 0.332 e. The molecule has 0 atom stereocenters. The smallest absolute Gasteiger partial charge is 0.270 e. The second-order valence-electron chi connectivity index (χ2n) is 6.66. The van der Waals surface area contributed by atoms with Gasteiger partial charge in [-0.15, -0.1) is 10.2 Å². The summed E-state index contributed by atoms with van der Waals surface area (Å²) in [5.41, 5.74) is 3.35. The average molecular weight is 444 g/mol. The van der Waals surface area contributed by atoms with Crippen molar-refractivity contribution in [2.75, 3.05) is 5.32 Å². The number of fused-ring (bicyclic) bond motifs is 1. The van der Waals surface area contributed by atoms with Crippen molar-refractivity contribution in [2.24, 2.45) is 0 Å². The summed E-state index contributed by atoms with van der Waals surface area (Å²) in [5, 5.41) is 25.3. The van der Waals surface area contributed by atoms with Crippen LogP contribution in [-0.4, -0.2) is 30.9 Å². The molecule has 0 saturated heterocycles. The summed E-state index contributed by atoms with van der Waals surface area (Å²) < 4.78 is 0. The van der Waals surface area contributed by atoms with E-state index in [-0.39, 0.29) is 10.8 Å². The number of non-ortho nitro benzene ring substituents is 1. The summed E-state index contributed by atoms with van der Waals surface area (Å²) in [7, 11) is 0. The lowest BCUT2D eigenvalue weighted by atomic mass is 10.2. The third-order valence-electron chi connectivity index (χ3n) is 4.37. The van der Waals surface area contributed by atoms with Gasteiger partial charge in [-0.3, -0.25) is 20.2 Å². The number of anilines is 1. The molecule has 0 aliphatic carbocycles. The molecule has 0 unspecified atom stereocenters. The Morgan fingerprint density at radius 1 is 1.00 bits per heavy atom. The van der Waals surface area contributed by atoms with Crippen molar-refractivity contribution >= 4 is 51.7 Å². The Hall–Kier alpha value is -4.44. The summed E-state index contributed by atoms with van der Waals surface area (Å²) in [6, 6.07) is 20.9. The number of rotatable bonds is 5. The van der Waals surface area contributed by atoms with E-state index in [1.54, 1.807) is 35.1 Å². The molecule has 2 N–H and O–H groups in total. The summed E-state index contributed by atoms with van der Waals surface area (Å²) in [6.07, 6.45) is 2.72. The molecule has 9 nitrogen and oxygen atoms in total. The Morgan fingerprint density at radius 2 is 1.78 bits per heavy atom. The van der Waals surface area contributed by atoms with Gasteiger partial charge < -0.3 is 5.32 Å². The number of hydrogen-bond donors (Lipinski definition) is 2. The molecule has 10 heteroatoms. The molecule has 0 aliphatic heterocycles. The van der Waals surface area contributed by atoms with Crippen LogP contribution in [0, 0.1) is 10.1 Å². The Balaban J connectivity index is 1.39. The maximum absolute atomic E-state index is 12.1. The fourth-order valence-corrected chi connectivity index (χ4v) is 3.12. The molecule has 4 aromatic rings. The summed E-state index contributed by atoms with van der Waals surface area (Å²) in [5.74, 6) is -0.467. The molecule has 32 heavy (non-hydrogen) atoms. The van der Waals surface area contributed by atoms with E-state index in [2.05, 4.69) is 20.8 Å². The highest BCUT2D eigenvalue weighted by atomic mass is 32.1. The SMILES string of the molecule is O=C(C=Cc1cccc([N+](=O)[O-])c1)NC(=S)Nc1ccc2nn(-c3ccccc3)nc2c1. The summed E-state index contributed by atoms with van der Waals surface area (Å²) in [6.45, 7) is 0. The van der Waals surface area contributed by atoms with Crippen molar-refractivity contribution in [3.8, 4) is 5.69 Å². The van der Waals surface area contributed by atoms with Crippen molar-refractivity contribution in [3.63, 3.8) is 0 Å². The molecule has 0 spiro atoms. The highest BCUT2D eigenvalue weighted by molar-refractivity contribution is 7.80. The van der Waals surface area contributed by atoms with Crippen LogP contribution in [0.3, 0.4) is 0 Å². The normalized spacial score (nSPS) is 10.9. The van der Waals surface area contributed by atoms with Crippen LogP contribution < -0.4 is 10.6 Å². The first-order valence-electron chi connectivity index (χ1n) is 9.45. The van der Waals surface area contributed by atoms with Crippen LogP contribution >= 0.6 is 12.2 Å². The second-order valence-corrected chi connectivity index (χ2v) is 7.07. The molecule has 0 fully saturated rings. The van der Waals surface area contributed by atoms with Gasteiger partial charge in [0, 0.05) is 23.9 Å². The maximum atomic E-state index is 12.1. The van der Waals surface area contributed by atoms with Crippen LogP contribution in [-0.2, 0) is 4.79 Å². The Labute approximate surface area is 187 Å². The minimum atomic E-state index is -0.494. The Kier molecular flexibility index (Phi) is 5.95. The first-order chi connectivity index (χ1) is 15.5. The van der Waals surface area contributed by atoms with E-state index in [1.807, 2.05) is 30.3 Å². The van der Waals surface area contributed by atoms with Crippen LogP contribution in [0.1, 0.15) is 5.56 Å². The summed E-state index contributed by atoms with van der Waals surface area (Å²) >= 11 is 5.20. The number of carbonyl (C=O) groups excluding carboxylic acids is 1. The molecule has 0 aliphatic rings. The molecule has 1 heterocycles. The first-order valence-corrected chi connectivity index (χ1v) is 9.86. The minimum Gasteiger partial charge on any atom is -0.332 e. The van der Waals surface area contributed by atoms with E-state index in [1.165, 1.54) is 24.3 Å². The van der Waals surface area contributed by atoms with Gasteiger partial charge in [0.2, 0.25) is 5.91 Å². The molecule has 3 aromatic carbocycles. The predicted molar refractivity (Wildman–Crippen MR) is 125 cm³/mol.